The van der Waals surface area contributed by atoms with Gasteiger partial charge in [-0.25, -0.2) is 22.1 Å². The number of hydrogen-bond acceptors (Lipinski definition) is 18. The summed E-state index contributed by atoms with van der Waals surface area (Å²) in [5.41, 5.74) is 8.55. The van der Waals surface area contributed by atoms with Crippen LogP contribution >= 0.6 is 23.5 Å². The van der Waals surface area contributed by atoms with E-state index in [2.05, 4.69) is 49.7 Å². The number of benzene rings is 2. The molecule has 5 heterocycles. The molecule has 0 saturated carbocycles. The van der Waals surface area contributed by atoms with Crippen LogP contribution in [0.3, 0.4) is 0 Å². The van der Waals surface area contributed by atoms with Crippen LogP contribution in [0, 0.1) is 11.8 Å². The second-order valence-electron chi connectivity index (χ2n) is 19.4. The zero-order valence-electron chi connectivity index (χ0n) is 42.9. The fourth-order valence-corrected chi connectivity index (χ4v) is 13.7. The van der Waals surface area contributed by atoms with Crippen molar-refractivity contribution in [2.24, 2.45) is 0 Å². The molecule has 2 aromatic carbocycles. The van der Waals surface area contributed by atoms with Crippen LogP contribution in [0.15, 0.2) is 93.3 Å². The van der Waals surface area contributed by atoms with Crippen molar-refractivity contribution in [3.05, 3.63) is 106 Å². The molecule has 0 spiro atoms. The van der Waals surface area contributed by atoms with Crippen molar-refractivity contribution in [2.75, 3.05) is 36.9 Å². The van der Waals surface area contributed by atoms with E-state index < -0.39 is 85.1 Å². The van der Waals surface area contributed by atoms with Gasteiger partial charge >= 0.3 is 23.5 Å². The van der Waals surface area contributed by atoms with Crippen LogP contribution in [-0.4, -0.2) is 120 Å². The number of amides is 1. The number of nitrogens with one attached hydrogen (secondary N) is 2. The quantitative estimate of drug-likeness (QED) is 0.0140. The number of nitrogens with two attached hydrogens (primary N) is 1. The predicted octanol–water partition coefficient (Wildman–Crippen LogP) is 4.37. The average molecular weight is 1200 g/mol. The summed E-state index contributed by atoms with van der Waals surface area (Å²) in [6, 6.07) is 8.84. The van der Waals surface area contributed by atoms with E-state index in [-0.39, 0.29) is 57.6 Å². The lowest BCUT2D eigenvalue weighted by Gasteiger charge is -2.25. The van der Waals surface area contributed by atoms with E-state index in [1.54, 1.807) is 12.1 Å². The highest BCUT2D eigenvalue weighted by Crippen LogP contribution is 2.66. The van der Waals surface area contributed by atoms with E-state index in [1.165, 1.54) is 35.0 Å². The molecule has 27 nitrogen and oxygen atoms in total. The van der Waals surface area contributed by atoms with Gasteiger partial charge in [-0.2, -0.15) is 26.6 Å². The molecular weight excluding hydrogens is 1140 g/mol. The van der Waals surface area contributed by atoms with Crippen LogP contribution < -0.4 is 21.5 Å². The van der Waals surface area contributed by atoms with E-state index in [0.29, 0.717) is 43.5 Å². The smallest absolute Gasteiger partial charge is 0.490 e. The lowest BCUT2D eigenvalue weighted by Crippen LogP contribution is -2.28. The van der Waals surface area contributed by atoms with Gasteiger partial charge in [0.2, 0.25) is 17.5 Å². The zero-order chi connectivity index (χ0) is 58.3. The molecular formula is C47H58N7O20P3S2. The van der Waals surface area contributed by atoms with Crippen molar-refractivity contribution in [1.29, 1.82) is 0 Å². The van der Waals surface area contributed by atoms with Gasteiger partial charge in [0.15, 0.2) is 11.4 Å². The van der Waals surface area contributed by atoms with E-state index in [0.717, 1.165) is 22.8 Å². The average Bonchev–Trinajstić information content (AvgIpc) is 4.11. The van der Waals surface area contributed by atoms with Crippen LogP contribution in [0.2, 0.25) is 0 Å². The van der Waals surface area contributed by atoms with Gasteiger partial charge in [-0.05, 0) is 75.6 Å². The van der Waals surface area contributed by atoms with E-state index in [1.807, 2.05) is 65.0 Å². The number of ether oxygens (including phenoxy) is 1. The minimum atomic E-state index is -5.81. The molecule has 79 heavy (non-hydrogen) atoms. The molecule has 7 rings (SSSR count). The summed E-state index contributed by atoms with van der Waals surface area (Å²) < 4.78 is 126. The van der Waals surface area contributed by atoms with Gasteiger partial charge in [0.05, 0.1) is 45.4 Å². The first-order valence-electron chi connectivity index (χ1n) is 24.1. The number of carbonyl (C=O) groups is 1. The molecule has 1 fully saturated rings. The maximum Gasteiger partial charge on any atom is 0.490 e. The molecule has 4 aromatic rings. The minimum absolute atomic E-state index is 0.0306. The van der Waals surface area contributed by atoms with Crippen molar-refractivity contribution >= 4 is 83.7 Å². The first-order chi connectivity index (χ1) is 36.6. The molecule has 1 amide bonds. The second-order valence-corrected chi connectivity index (χ2v) is 26.6. The fraction of sp³-hybridized carbons (Fsp3) is 0.404. The number of fused-ring (bicyclic) bond motifs is 3. The lowest BCUT2D eigenvalue weighted by molar-refractivity contribution is -0.438. The maximum atomic E-state index is 13.1. The van der Waals surface area contributed by atoms with Crippen LogP contribution in [0.4, 0.5) is 17.3 Å². The standard InChI is InChI=1S/C47H58N7O20P3S2/c1-6-52-34-20-18-30(78(65,66)67)24-32(34)46(2,3)38(52)15-9-7-10-16-39-47(4,5)33-25-31(79(68,69)70)19-21-35(33)53(39)23-12-8-11-17-40(56)49-22-13-14-29-27-54(43-42(29)44(57)51-45(48)50-43)41-26-36(55)37(72-41)28-71-76(61,62)74-77(63,64)73-75(58,59)60/h7,9-10,15-16,18-21,24-25,27,36-37,41,55H,6,8,11-12,17,22-23,26,28H2,1-5H3,(H9-,48,49,50,51,56,57,58,59,60,61,62,63,64,65,66,67,68,69,70)/t36-,37+,41+/m0/s1. The topological polar surface area (TPSA) is 413 Å². The number of anilines is 2. The number of aliphatic hydroxyl groups excluding tert-OH is 1. The molecule has 1 saturated heterocycles. The number of aliphatic hydroxyl groups is 1. The van der Waals surface area contributed by atoms with Gasteiger partial charge < -0.3 is 54.5 Å². The number of phosphoric acid groups is 3. The molecule has 2 unspecified atom stereocenters. The summed E-state index contributed by atoms with van der Waals surface area (Å²) in [6.45, 7) is 9.76. The Kier molecular flexibility index (Phi) is 17.9. The summed E-state index contributed by atoms with van der Waals surface area (Å²) in [6.07, 6.45) is 8.48. The number of nitrogens with zero attached hydrogens (tertiary/aromatic N) is 4. The van der Waals surface area contributed by atoms with Crippen molar-refractivity contribution in [3.63, 3.8) is 0 Å². The number of rotatable bonds is 21. The number of carbonyl (C=O) groups excluding carboxylic acids is 1. The van der Waals surface area contributed by atoms with E-state index >= 15 is 0 Å². The van der Waals surface area contributed by atoms with Gasteiger partial charge in [-0.1, -0.05) is 43.9 Å². The minimum Gasteiger partial charge on any atom is -0.744 e. The van der Waals surface area contributed by atoms with Gasteiger partial charge in [0.1, 0.15) is 29.0 Å². The zero-order valence-corrected chi connectivity index (χ0v) is 47.3. The molecule has 0 radical (unpaired) electrons. The summed E-state index contributed by atoms with van der Waals surface area (Å²) in [5.74, 6) is 5.01. The third kappa shape index (κ3) is 14.2. The molecule has 32 heteroatoms. The molecule has 2 aromatic heterocycles. The normalized spacial score (nSPS) is 21.1. The van der Waals surface area contributed by atoms with Gasteiger partial charge in [-0.15, -0.1) is 0 Å². The molecule has 0 bridgehead atoms. The summed E-state index contributed by atoms with van der Waals surface area (Å²) in [4.78, 5) is 70.9. The fourth-order valence-electron chi connectivity index (χ4n) is 9.66. The number of hydrogen-bond donors (Lipinski definition) is 9. The molecule has 0 aliphatic carbocycles. The van der Waals surface area contributed by atoms with Crippen molar-refractivity contribution in [1.82, 2.24) is 19.9 Å². The lowest BCUT2D eigenvalue weighted by atomic mass is 9.81. The second kappa shape index (κ2) is 23.2. The third-order valence-electron chi connectivity index (χ3n) is 13.3. The number of aromatic nitrogens is 3. The monoisotopic (exact) mass is 1200 g/mol. The number of nitrogen functional groups attached to an aromatic ring is 1. The first-order valence-corrected chi connectivity index (χ1v) is 31.5. The maximum absolute atomic E-state index is 13.1. The third-order valence-corrected chi connectivity index (χ3v) is 18.8. The Morgan fingerprint density at radius 1 is 0.987 bits per heavy atom. The molecule has 428 valence electrons. The first kappa shape index (κ1) is 61.2. The number of aromatic amines is 1. The Bertz CT molecular complexity index is 3730. The van der Waals surface area contributed by atoms with Gasteiger partial charge in [-0.3, -0.25) is 23.6 Å². The van der Waals surface area contributed by atoms with Crippen LogP contribution in [0.25, 0.3) is 11.0 Å². The number of likely N-dealkylation sites (N-methyl/N-ethyl adjacent to an activating group) is 1. The number of H-pyrrole nitrogens is 1. The molecule has 3 aliphatic heterocycles. The Morgan fingerprint density at radius 2 is 1.68 bits per heavy atom. The highest BCUT2D eigenvalue weighted by atomic mass is 32.2. The van der Waals surface area contributed by atoms with Crippen molar-refractivity contribution in [2.45, 2.75) is 106 Å². The molecule has 3 aliphatic rings. The highest BCUT2D eigenvalue weighted by Gasteiger charge is 2.46. The largest absolute Gasteiger partial charge is 0.744 e. The number of allylic oxidation sites excluding steroid dienone is 6. The Balaban J connectivity index is 0.976. The van der Waals surface area contributed by atoms with Crippen LogP contribution in [-0.2, 0) is 67.4 Å². The molecule has 10 N–H and O–H groups in total. The summed E-state index contributed by atoms with van der Waals surface area (Å²) in [7, 11) is -26.2. The Labute approximate surface area is 453 Å². The van der Waals surface area contributed by atoms with Crippen LogP contribution in [0.1, 0.15) is 89.6 Å². The van der Waals surface area contributed by atoms with Crippen molar-refractivity contribution in [3.8, 4) is 11.8 Å². The highest BCUT2D eigenvalue weighted by molar-refractivity contribution is 7.86. The molecule has 5 atom stereocenters. The van der Waals surface area contributed by atoms with Gasteiger partial charge in [0.25, 0.3) is 15.7 Å². The Hall–Kier alpha value is -5.47. The SMILES string of the molecule is CCN1C(=CC=CC=CC2=[N+](CCCCCC(=O)NCC#Cc3cn([C@H]4C[C@H](O)[C@@H](COP(=O)(O)OP(=O)(O)OP(=O)(O)O)O4)c4nc(N)[nH]c(=O)c34)c3ccc(S(=O)(=O)O)cc3C2(C)C)C(C)(C)c2cc(S(=O)(=O)[O-])ccc21. The number of phosphoric ester groups is 1. The van der Waals surface area contributed by atoms with Crippen molar-refractivity contribution < 1.29 is 91.6 Å². The van der Waals surface area contributed by atoms with Gasteiger partial charge in [0, 0.05) is 66.5 Å². The Morgan fingerprint density at radius 3 is 2.35 bits per heavy atom. The van der Waals surface area contributed by atoms with E-state index in [9.17, 15) is 64.1 Å². The summed E-state index contributed by atoms with van der Waals surface area (Å²) >= 11 is 0. The predicted molar refractivity (Wildman–Crippen MR) is 283 cm³/mol. The summed E-state index contributed by atoms with van der Waals surface area (Å²) in [5, 5.41) is 13.4. The van der Waals surface area contributed by atoms with E-state index in [4.69, 9.17) is 20.3 Å². The number of unbranched alkanes of at least 4 members (excludes halogenated alkanes) is 2. The van der Waals surface area contributed by atoms with Crippen LogP contribution in [0.5, 0.6) is 0 Å².